The molecular formula is C33H36F2N8O2S. The highest BCUT2D eigenvalue weighted by Crippen LogP contribution is 2.57. The minimum Gasteiger partial charge on any atom is -0.462 e. The van der Waals surface area contributed by atoms with Gasteiger partial charge in [-0.3, -0.25) is 14.7 Å². The number of aromatic nitrogens is 3. The summed E-state index contributed by atoms with van der Waals surface area (Å²) in [6.45, 7) is 7.79. The number of nitrogens with zero attached hydrogens (tertiary/aromatic N) is 8. The predicted octanol–water partition coefficient (Wildman–Crippen LogP) is 4.45. The maximum absolute atomic E-state index is 15.1. The summed E-state index contributed by atoms with van der Waals surface area (Å²) in [5.74, 6) is -1.44. The number of piperazine rings is 1. The highest BCUT2D eigenvalue weighted by Gasteiger charge is 2.57. The van der Waals surface area contributed by atoms with Crippen molar-refractivity contribution in [3.05, 3.63) is 60.1 Å². The number of amides is 1. The predicted molar refractivity (Wildman–Crippen MR) is 173 cm³/mol. The summed E-state index contributed by atoms with van der Waals surface area (Å²) in [6.07, 6.45) is 6.45. The van der Waals surface area contributed by atoms with Crippen molar-refractivity contribution < 1.29 is 18.3 Å². The van der Waals surface area contributed by atoms with Crippen LogP contribution in [0.4, 0.5) is 20.3 Å². The molecular weight excluding hydrogens is 610 g/mol. The van der Waals surface area contributed by atoms with Crippen molar-refractivity contribution in [1.82, 2.24) is 24.8 Å². The number of fused-ring (bicyclic) bond motifs is 2. The fraction of sp³-hybridized carbons (Fsp3) is 0.485. The Morgan fingerprint density at radius 2 is 2.07 bits per heavy atom. The number of ether oxygens (including phenoxy) is 1. The third-order valence-corrected chi connectivity index (χ3v) is 11.4. The van der Waals surface area contributed by atoms with Gasteiger partial charge in [0.15, 0.2) is 5.83 Å². The third kappa shape index (κ3) is 5.62. The van der Waals surface area contributed by atoms with E-state index >= 15 is 4.39 Å². The van der Waals surface area contributed by atoms with E-state index in [1.165, 1.54) is 23.8 Å². The van der Waals surface area contributed by atoms with E-state index in [9.17, 15) is 14.4 Å². The molecule has 10 nitrogen and oxygen atoms in total. The van der Waals surface area contributed by atoms with E-state index in [4.69, 9.17) is 14.7 Å². The summed E-state index contributed by atoms with van der Waals surface area (Å²) in [5, 5.41) is 11.0. The summed E-state index contributed by atoms with van der Waals surface area (Å²) in [5.41, 5.74) is 2.42. The lowest BCUT2D eigenvalue weighted by atomic mass is 10.0. The summed E-state index contributed by atoms with van der Waals surface area (Å²) < 4.78 is 35.2. The molecule has 1 aliphatic carbocycles. The van der Waals surface area contributed by atoms with Crippen molar-refractivity contribution in [2.45, 2.75) is 61.4 Å². The number of halogens is 2. The first-order chi connectivity index (χ1) is 22.2. The standard InChI is InChI=1S/C33H36F2N8O2S/c1-20(34)31(44)43-14-13-42(17-23(43)9-11-36)30-24-10-12-41(27-16-37-15-21-5-4-6-25(35)29(21)27)18-26(24)38-32(39-30)45-19-28-33(2,46-28)40(3)22-7-8-22/h4-6,15-16,22-23,28H,1,7-10,12-14,17-19H2,2-3H3/t23-,28?,33-/m0/s1. The molecule has 3 fully saturated rings. The number of benzene rings is 1. The Labute approximate surface area is 271 Å². The van der Waals surface area contributed by atoms with Gasteiger partial charge >= 0.3 is 6.01 Å². The van der Waals surface area contributed by atoms with Crippen LogP contribution in [0.2, 0.25) is 0 Å². The molecule has 7 rings (SSSR count). The molecule has 0 bridgehead atoms. The van der Waals surface area contributed by atoms with Gasteiger partial charge < -0.3 is 19.4 Å². The Kier molecular flexibility index (Phi) is 7.97. The number of carbonyl (C=O) groups excluding carboxylic acids is 1. The van der Waals surface area contributed by atoms with E-state index in [1.54, 1.807) is 18.5 Å². The Balaban J connectivity index is 1.19. The summed E-state index contributed by atoms with van der Waals surface area (Å²) in [6, 6.07) is 7.49. The molecule has 46 heavy (non-hydrogen) atoms. The van der Waals surface area contributed by atoms with Gasteiger partial charge in [-0.2, -0.15) is 15.2 Å². The minimum absolute atomic E-state index is 0.0221. The van der Waals surface area contributed by atoms with Crippen molar-refractivity contribution in [2.24, 2.45) is 0 Å². The fourth-order valence-electron chi connectivity index (χ4n) is 6.81. The van der Waals surface area contributed by atoms with Gasteiger partial charge in [-0.1, -0.05) is 18.7 Å². The number of hydrogen-bond donors (Lipinski definition) is 0. The molecule has 3 aromatic rings. The second-order valence-electron chi connectivity index (χ2n) is 12.6. The normalized spacial score (nSPS) is 24.1. The number of anilines is 2. The highest BCUT2D eigenvalue weighted by molar-refractivity contribution is 8.08. The number of hydrogen-bond acceptors (Lipinski definition) is 10. The van der Waals surface area contributed by atoms with Gasteiger partial charge in [0.2, 0.25) is 0 Å². The van der Waals surface area contributed by atoms with Crippen LogP contribution in [-0.2, 0) is 17.8 Å². The molecule has 4 aliphatic rings. The maximum Gasteiger partial charge on any atom is 0.318 e. The molecule has 2 saturated heterocycles. The molecule has 5 heterocycles. The van der Waals surface area contributed by atoms with Gasteiger partial charge in [-0.05, 0) is 39.3 Å². The zero-order valence-electron chi connectivity index (χ0n) is 26.0. The largest absolute Gasteiger partial charge is 0.462 e. The smallest absolute Gasteiger partial charge is 0.318 e. The van der Waals surface area contributed by atoms with Gasteiger partial charge in [0, 0.05) is 54.8 Å². The molecule has 1 saturated carbocycles. The highest BCUT2D eigenvalue weighted by atomic mass is 32.2. The number of pyridine rings is 1. The van der Waals surface area contributed by atoms with Crippen LogP contribution in [0.1, 0.15) is 37.4 Å². The van der Waals surface area contributed by atoms with Gasteiger partial charge in [0.25, 0.3) is 5.91 Å². The summed E-state index contributed by atoms with van der Waals surface area (Å²) in [4.78, 5) is 34.7. The second kappa shape index (κ2) is 12.0. The van der Waals surface area contributed by atoms with E-state index in [0.29, 0.717) is 62.1 Å². The zero-order valence-corrected chi connectivity index (χ0v) is 26.8. The minimum atomic E-state index is -1.04. The maximum atomic E-state index is 15.1. The van der Waals surface area contributed by atoms with Crippen molar-refractivity contribution in [3.63, 3.8) is 0 Å². The molecule has 0 N–H and O–H groups in total. The zero-order chi connectivity index (χ0) is 32.2. The van der Waals surface area contributed by atoms with E-state index < -0.39 is 17.8 Å². The Bertz CT molecular complexity index is 1740. The average molecular weight is 647 g/mol. The Hall–Kier alpha value is -4.02. The first-order valence-corrected chi connectivity index (χ1v) is 16.5. The molecule has 1 unspecified atom stereocenters. The van der Waals surface area contributed by atoms with Crippen LogP contribution < -0.4 is 14.5 Å². The topological polar surface area (TPSA) is 102 Å². The lowest BCUT2D eigenvalue weighted by Gasteiger charge is -2.42. The lowest BCUT2D eigenvalue weighted by molar-refractivity contribution is -0.131. The number of rotatable bonds is 9. The van der Waals surface area contributed by atoms with Crippen LogP contribution in [0.3, 0.4) is 0 Å². The average Bonchev–Trinajstić information content (AvgIpc) is 4.00. The first kappa shape index (κ1) is 30.6. The van der Waals surface area contributed by atoms with Crippen LogP contribution in [-0.4, -0.2) is 92.7 Å². The molecule has 13 heteroatoms. The number of carbonyl (C=O) groups is 1. The molecule has 1 amide bonds. The van der Waals surface area contributed by atoms with Crippen molar-refractivity contribution in [1.29, 1.82) is 5.26 Å². The second-order valence-corrected chi connectivity index (χ2v) is 14.2. The van der Waals surface area contributed by atoms with E-state index in [0.717, 1.165) is 16.6 Å². The fourth-order valence-corrected chi connectivity index (χ4v) is 8.00. The summed E-state index contributed by atoms with van der Waals surface area (Å²) in [7, 11) is 2.18. The number of nitriles is 1. The Morgan fingerprint density at radius 1 is 1.24 bits per heavy atom. The van der Waals surface area contributed by atoms with Crippen molar-refractivity contribution in [2.75, 3.05) is 49.6 Å². The summed E-state index contributed by atoms with van der Waals surface area (Å²) >= 11 is 1.89. The lowest BCUT2D eigenvalue weighted by Crippen LogP contribution is -2.55. The van der Waals surface area contributed by atoms with Gasteiger partial charge in [-0.15, -0.1) is 11.8 Å². The quantitative estimate of drug-likeness (QED) is 0.245. The van der Waals surface area contributed by atoms with E-state index in [2.05, 4.69) is 41.4 Å². The molecule has 0 radical (unpaired) electrons. The SMILES string of the molecule is C=C(F)C(=O)N1CCN(c2nc(OCC3S[C@]3(C)N(C)C3CC3)nc3c2CCN(c2cncc4cccc(F)c24)C3)C[C@@H]1CC#N. The number of thioether (sulfide) groups is 1. The molecule has 1 aromatic carbocycles. The molecule has 0 spiro atoms. The molecule has 2 aromatic heterocycles. The Morgan fingerprint density at radius 3 is 2.83 bits per heavy atom. The van der Waals surface area contributed by atoms with Crippen molar-refractivity contribution in [3.8, 4) is 12.1 Å². The van der Waals surface area contributed by atoms with Crippen LogP contribution in [0, 0.1) is 17.1 Å². The first-order valence-electron chi connectivity index (χ1n) is 15.7. The van der Waals surface area contributed by atoms with Gasteiger partial charge in [0.05, 0.1) is 52.8 Å². The third-order valence-electron chi connectivity index (χ3n) is 9.76. The molecule has 3 atom stereocenters. The van der Waals surface area contributed by atoms with Crippen molar-refractivity contribution >= 4 is 39.9 Å². The van der Waals surface area contributed by atoms with E-state index in [-0.39, 0.29) is 34.9 Å². The monoisotopic (exact) mass is 646 g/mol. The van der Waals surface area contributed by atoms with Crippen LogP contribution in [0.25, 0.3) is 10.8 Å². The molecule has 3 aliphatic heterocycles. The van der Waals surface area contributed by atoms with Crippen LogP contribution >= 0.6 is 11.8 Å². The van der Waals surface area contributed by atoms with E-state index in [1.807, 2.05) is 22.7 Å². The van der Waals surface area contributed by atoms with Crippen LogP contribution in [0.15, 0.2) is 43.0 Å². The molecule has 240 valence electrons. The van der Waals surface area contributed by atoms with Crippen LogP contribution in [0.5, 0.6) is 6.01 Å². The van der Waals surface area contributed by atoms with Gasteiger partial charge in [0.1, 0.15) is 18.2 Å². The van der Waals surface area contributed by atoms with Gasteiger partial charge in [-0.25, -0.2) is 8.78 Å².